The van der Waals surface area contributed by atoms with E-state index in [2.05, 4.69) is 10.6 Å². The number of alkyl halides is 6. The van der Waals surface area contributed by atoms with Crippen LogP contribution in [0.1, 0.15) is 56.4 Å². The zero-order valence-corrected chi connectivity index (χ0v) is 20.1. The second kappa shape index (κ2) is 10.7. The van der Waals surface area contributed by atoms with E-state index in [9.17, 15) is 31.9 Å². The minimum absolute atomic E-state index is 0.0131. The van der Waals surface area contributed by atoms with Gasteiger partial charge in [-0.1, -0.05) is 48.5 Å². The third kappa shape index (κ3) is 7.02. The van der Waals surface area contributed by atoms with E-state index in [-0.39, 0.29) is 11.1 Å². The topological polar surface area (TPSA) is 85.2 Å². The van der Waals surface area contributed by atoms with E-state index in [0.717, 1.165) is 6.92 Å². The molecule has 0 heterocycles. The first kappa shape index (κ1) is 28.5. The van der Waals surface area contributed by atoms with E-state index >= 15 is 4.39 Å². The van der Waals surface area contributed by atoms with Crippen LogP contribution in [0.5, 0.6) is 0 Å². The van der Waals surface area contributed by atoms with Gasteiger partial charge in [-0.05, 0) is 48.9 Å². The summed E-state index contributed by atoms with van der Waals surface area (Å²) in [6, 6.07) is 9.65. The quantitative estimate of drug-likeness (QED) is 0.355. The van der Waals surface area contributed by atoms with Crippen LogP contribution in [0.3, 0.4) is 0 Å². The first-order chi connectivity index (χ1) is 17.2. The maximum atomic E-state index is 15.0. The van der Waals surface area contributed by atoms with Crippen LogP contribution >= 0.6 is 0 Å². The van der Waals surface area contributed by atoms with Gasteiger partial charge in [-0.15, -0.1) is 0 Å². The Morgan fingerprint density at radius 1 is 1.03 bits per heavy atom. The number of nitriles is 1. The molecule has 3 rings (SSSR count). The van der Waals surface area contributed by atoms with Gasteiger partial charge in [-0.3, -0.25) is 10.1 Å². The van der Waals surface area contributed by atoms with E-state index in [1.54, 1.807) is 0 Å². The summed E-state index contributed by atoms with van der Waals surface area (Å²) in [6.07, 6.45) is -9.37. The molecule has 0 aliphatic heterocycles. The van der Waals surface area contributed by atoms with Crippen molar-refractivity contribution in [1.82, 2.24) is 10.6 Å². The Hall–Kier alpha value is -3.10. The van der Waals surface area contributed by atoms with Crippen LogP contribution in [-0.4, -0.2) is 40.9 Å². The number of carbonyl (C=O) groups excluding carboxylic acids is 1. The van der Waals surface area contributed by atoms with Crippen molar-refractivity contribution in [3.05, 3.63) is 59.7 Å². The first-order valence-electron chi connectivity index (χ1n) is 11.6. The second-order valence-corrected chi connectivity index (χ2v) is 9.62. The normalized spacial score (nSPS) is 18.8. The summed E-state index contributed by atoms with van der Waals surface area (Å²) in [4.78, 5) is 12.3. The molecule has 11 heteroatoms. The van der Waals surface area contributed by atoms with Crippen molar-refractivity contribution in [3.63, 3.8) is 0 Å². The van der Waals surface area contributed by atoms with Gasteiger partial charge in [-0.25, -0.2) is 13.2 Å². The molecule has 200 valence electrons. The van der Waals surface area contributed by atoms with E-state index in [1.807, 2.05) is 6.07 Å². The highest BCUT2D eigenvalue weighted by Gasteiger charge is 2.49. The van der Waals surface area contributed by atoms with Gasteiger partial charge in [0.2, 0.25) is 0 Å². The van der Waals surface area contributed by atoms with Crippen LogP contribution in [0.2, 0.25) is 0 Å². The number of hydrogen-bond donors (Lipinski definition) is 3. The molecule has 0 bridgehead atoms. The van der Waals surface area contributed by atoms with Crippen LogP contribution in [0.15, 0.2) is 48.5 Å². The molecule has 0 saturated heterocycles. The Balaban J connectivity index is 1.70. The van der Waals surface area contributed by atoms with E-state index in [4.69, 9.17) is 5.26 Å². The highest BCUT2D eigenvalue weighted by atomic mass is 19.4. The Morgan fingerprint density at radius 3 is 1.92 bits per heavy atom. The predicted octanol–water partition coefficient (Wildman–Crippen LogP) is 5.52. The van der Waals surface area contributed by atoms with Crippen molar-refractivity contribution in [2.75, 3.05) is 0 Å². The van der Waals surface area contributed by atoms with Crippen LogP contribution < -0.4 is 10.6 Å². The number of rotatable bonds is 10. The third-order valence-electron chi connectivity index (χ3n) is 6.33. The number of nitrogens with zero attached hydrogens (tertiary/aromatic N) is 1. The molecular weight excluding hydrogens is 500 g/mol. The third-order valence-corrected chi connectivity index (χ3v) is 6.33. The zero-order chi connectivity index (χ0) is 27.6. The number of aliphatic hydroxyl groups is 1. The van der Waals surface area contributed by atoms with E-state index in [0.29, 0.717) is 24.0 Å². The number of amides is 1. The smallest absolute Gasteiger partial charge is 0.382 e. The standard InChI is InChI=1S/C26H27F6N3O2/c1-15(13-24(2,29)23(37)35-25(14-33)11-12-25)34-21(26(30,31)32)19-9-5-17(6-10-19)16-3-7-18(8-4-16)20(36)22(27)28/h3-10,15,20-22,34,36H,11-13H2,1-2H3,(H,35,37)/t15-,20+,21-,24?/m0/s1. The van der Waals surface area contributed by atoms with Crippen molar-refractivity contribution in [2.45, 2.75) is 75.1 Å². The molecule has 5 nitrogen and oxygen atoms in total. The summed E-state index contributed by atoms with van der Waals surface area (Å²) >= 11 is 0. The summed E-state index contributed by atoms with van der Waals surface area (Å²) < 4.78 is 82.0. The Labute approximate surface area is 210 Å². The minimum atomic E-state index is -4.73. The number of benzene rings is 2. The van der Waals surface area contributed by atoms with Crippen molar-refractivity contribution in [3.8, 4) is 17.2 Å². The molecule has 1 fully saturated rings. The lowest BCUT2D eigenvalue weighted by Gasteiger charge is -2.29. The van der Waals surface area contributed by atoms with Crippen LogP contribution in [0.25, 0.3) is 11.1 Å². The summed E-state index contributed by atoms with van der Waals surface area (Å²) in [7, 11) is 0. The lowest BCUT2D eigenvalue weighted by atomic mass is 9.95. The number of nitrogens with one attached hydrogen (secondary N) is 2. The van der Waals surface area contributed by atoms with Gasteiger partial charge in [0.15, 0.2) is 5.67 Å². The summed E-state index contributed by atoms with van der Waals surface area (Å²) in [5.74, 6) is -1.04. The molecule has 1 saturated carbocycles. The Bertz CT molecular complexity index is 1120. The van der Waals surface area contributed by atoms with E-state index < -0.39 is 54.3 Å². The number of aliphatic hydroxyl groups excluding tert-OH is 1. The molecule has 0 aromatic heterocycles. The lowest BCUT2D eigenvalue weighted by molar-refractivity contribution is -0.160. The van der Waals surface area contributed by atoms with Gasteiger partial charge in [0, 0.05) is 12.5 Å². The van der Waals surface area contributed by atoms with Gasteiger partial charge in [0.1, 0.15) is 17.7 Å². The van der Waals surface area contributed by atoms with Crippen molar-refractivity contribution < 1.29 is 36.2 Å². The summed E-state index contributed by atoms with van der Waals surface area (Å²) in [5.41, 5.74) is -2.65. The molecule has 0 radical (unpaired) electrons. The fourth-order valence-corrected chi connectivity index (χ4v) is 4.01. The highest BCUT2D eigenvalue weighted by Crippen LogP contribution is 2.37. The maximum Gasteiger partial charge on any atom is 0.407 e. The fourth-order valence-electron chi connectivity index (χ4n) is 4.01. The number of carbonyl (C=O) groups is 1. The monoisotopic (exact) mass is 527 g/mol. The maximum absolute atomic E-state index is 15.0. The molecule has 37 heavy (non-hydrogen) atoms. The Morgan fingerprint density at radius 2 is 1.51 bits per heavy atom. The summed E-state index contributed by atoms with van der Waals surface area (Å²) in [5, 5.41) is 23.2. The molecule has 4 atom stereocenters. The number of halogens is 6. The van der Waals surface area contributed by atoms with Crippen LogP contribution in [-0.2, 0) is 4.79 Å². The van der Waals surface area contributed by atoms with Crippen molar-refractivity contribution in [2.24, 2.45) is 0 Å². The molecular formula is C26H27F6N3O2. The molecule has 2 aromatic rings. The van der Waals surface area contributed by atoms with Crippen molar-refractivity contribution >= 4 is 5.91 Å². The van der Waals surface area contributed by atoms with Crippen LogP contribution in [0, 0.1) is 11.3 Å². The molecule has 1 aliphatic rings. The average molecular weight is 528 g/mol. The first-order valence-corrected chi connectivity index (χ1v) is 11.6. The molecule has 1 aliphatic carbocycles. The molecule has 2 aromatic carbocycles. The molecule has 0 spiro atoms. The molecule has 1 amide bonds. The van der Waals surface area contributed by atoms with Gasteiger partial charge in [0.05, 0.1) is 6.07 Å². The van der Waals surface area contributed by atoms with Crippen LogP contribution in [0.4, 0.5) is 26.3 Å². The fraction of sp³-hybridized carbons (Fsp3) is 0.462. The van der Waals surface area contributed by atoms with Gasteiger partial charge < -0.3 is 10.4 Å². The summed E-state index contributed by atoms with van der Waals surface area (Å²) in [6.45, 7) is 2.31. The van der Waals surface area contributed by atoms with Crippen molar-refractivity contribution in [1.29, 1.82) is 5.26 Å². The molecule has 3 N–H and O–H groups in total. The molecule has 1 unspecified atom stereocenters. The van der Waals surface area contributed by atoms with E-state index in [1.165, 1.54) is 55.5 Å². The van der Waals surface area contributed by atoms with Gasteiger partial charge in [0.25, 0.3) is 12.3 Å². The van der Waals surface area contributed by atoms with Gasteiger partial charge in [-0.2, -0.15) is 18.4 Å². The highest BCUT2D eigenvalue weighted by molar-refractivity contribution is 5.86. The Kier molecular flexibility index (Phi) is 8.24. The van der Waals surface area contributed by atoms with Gasteiger partial charge >= 0.3 is 6.18 Å². The SMILES string of the molecule is C[C@@H](CC(C)(F)C(=O)NC1(C#N)CC1)N[C@@H](c1ccc(-c2ccc([C@@H](O)C(F)F)cc2)cc1)C(F)(F)F. The number of hydrogen-bond acceptors (Lipinski definition) is 4. The second-order valence-electron chi connectivity index (χ2n) is 9.62. The minimum Gasteiger partial charge on any atom is -0.382 e. The average Bonchev–Trinajstić information content (AvgIpc) is 3.61. The predicted molar refractivity (Wildman–Crippen MR) is 124 cm³/mol. The largest absolute Gasteiger partial charge is 0.407 e. The zero-order valence-electron chi connectivity index (χ0n) is 20.1. The lowest BCUT2D eigenvalue weighted by Crippen LogP contribution is -2.50.